The van der Waals surface area contributed by atoms with E-state index in [1.165, 1.54) is 0 Å². The molecule has 0 unspecified atom stereocenters. The van der Waals surface area contributed by atoms with Crippen molar-refractivity contribution in [2.24, 2.45) is 11.7 Å². The average molecular weight is 179 g/mol. The Balaban J connectivity index is 2.66. The maximum Gasteiger partial charge on any atom is 0.308 e. The van der Waals surface area contributed by atoms with Gasteiger partial charge in [0.15, 0.2) is 0 Å². The first kappa shape index (κ1) is 9.38. The molecule has 70 valence electrons. The van der Waals surface area contributed by atoms with Crippen molar-refractivity contribution in [3.05, 3.63) is 0 Å². The number of hydrogen-bond donors (Lipinski definition) is 2. The van der Waals surface area contributed by atoms with E-state index in [0.717, 1.165) is 0 Å². The minimum absolute atomic E-state index is 0.0873. The van der Waals surface area contributed by atoms with E-state index in [2.05, 4.69) is 0 Å². The highest BCUT2D eigenvalue weighted by molar-refractivity contribution is 5.71. The van der Waals surface area contributed by atoms with Crippen LogP contribution >= 0.6 is 0 Å². The molecule has 0 heterocycles. The lowest BCUT2D eigenvalue weighted by Crippen LogP contribution is -2.44. The summed E-state index contributed by atoms with van der Waals surface area (Å²) in [7, 11) is 0. The molecular weight excluding hydrogens is 168 g/mol. The van der Waals surface area contributed by atoms with Crippen LogP contribution in [0.4, 0.5) is 8.78 Å². The largest absolute Gasteiger partial charge is 0.481 e. The summed E-state index contributed by atoms with van der Waals surface area (Å²) in [5.74, 6) is -5.16. The van der Waals surface area contributed by atoms with Crippen molar-refractivity contribution in [1.29, 1.82) is 0 Å². The molecule has 2 atom stereocenters. The lowest BCUT2D eigenvalue weighted by molar-refractivity contribution is -0.150. The lowest BCUT2D eigenvalue weighted by Gasteiger charge is -2.31. The zero-order chi connectivity index (χ0) is 9.35. The molecule has 1 aliphatic carbocycles. The van der Waals surface area contributed by atoms with Gasteiger partial charge in [-0.15, -0.1) is 0 Å². The van der Waals surface area contributed by atoms with Crippen molar-refractivity contribution >= 4 is 5.97 Å². The van der Waals surface area contributed by atoms with Crippen molar-refractivity contribution in [2.45, 2.75) is 31.2 Å². The fraction of sp³-hybridized carbons (Fsp3) is 0.857. The molecular formula is C7H11F2NO2. The van der Waals surface area contributed by atoms with E-state index >= 15 is 0 Å². The van der Waals surface area contributed by atoms with E-state index in [1.807, 2.05) is 0 Å². The van der Waals surface area contributed by atoms with Gasteiger partial charge in [-0.1, -0.05) is 0 Å². The molecule has 1 aliphatic rings. The summed E-state index contributed by atoms with van der Waals surface area (Å²) in [4.78, 5) is 10.4. The maximum atomic E-state index is 12.7. The van der Waals surface area contributed by atoms with E-state index in [4.69, 9.17) is 10.8 Å². The highest BCUT2D eigenvalue weighted by atomic mass is 19.3. The minimum Gasteiger partial charge on any atom is -0.481 e. The summed E-state index contributed by atoms with van der Waals surface area (Å²) in [6, 6.07) is -0.623. The van der Waals surface area contributed by atoms with E-state index in [9.17, 15) is 13.6 Å². The van der Waals surface area contributed by atoms with Gasteiger partial charge in [-0.2, -0.15) is 0 Å². The smallest absolute Gasteiger partial charge is 0.308 e. The molecule has 1 fully saturated rings. The maximum absolute atomic E-state index is 12.7. The Bertz CT molecular complexity index is 196. The molecule has 0 aromatic carbocycles. The van der Waals surface area contributed by atoms with Crippen LogP contribution in [-0.4, -0.2) is 23.0 Å². The number of carboxylic acids is 1. The first-order chi connectivity index (χ1) is 5.42. The molecule has 3 nitrogen and oxygen atoms in total. The Morgan fingerprint density at radius 3 is 2.58 bits per heavy atom. The fourth-order valence-corrected chi connectivity index (χ4v) is 1.42. The Morgan fingerprint density at radius 1 is 1.58 bits per heavy atom. The van der Waals surface area contributed by atoms with E-state index in [0.29, 0.717) is 0 Å². The number of rotatable bonds is 1. The van der Waals surface area contributed by atoms with E-state index in [1.54, 1.807) is 0 Å². The summed E-state index contributed by atoms with van der Waals surface area (Å²) in [6.45, 7) is 0. The Morgan fingerprint density at radius 2 is 2.17 bits per heavy atom. The van der Waals surface area contributed by atoms with Crippen molar-refractivity contribution in [3.63, 3.8) is 0 Å². The third-order valence-corrected chi connectivity index (χ3v) is 2.20. The molecule has 0 radical (unpaired) electrons. The van der Waals surface area contributed by atoms with Gasteiger partial charge in [0.05, 0.1) is 5.92 Å². The second-order valence-corrected chi connectivity index (χ2v) is 3.21. The van der Waals surface area contributed by atoms with Gasteiger partial charge in [0.25, 0.3) is 0 Å². The normalized spacial score (nSPS) is 34.6. The first-order valence-corrected chi connectivity index (χ1v) is 3.78. The first-order valence-electron chi connectivity index (χ1n) is 3.78. The van der Waals surface area contributed by atoms with Gasteiger partial charge < -0.3 is 10.8 Å². The predicted octanol–water partition coefficient (Wildman–Crippen LogP) is 0.834. The average Bonchev–Trinajstić information content (AvgIpc) is 1.94. The molecule has 0 spiro atoms. The van der Waals surface area contributed by atoms with Crippen LogP contribution in [0.15, 0.2) is 0 Å². The summed E-state index contributed by atoms with van der Waals surface area (Å²) in [6.07, 6.45) is -0.828. The molecule has 0 aromatic rings. The Hall–Kier alpha value is -0.710. The molecule has 0 saturated heterocycles. The third kappa shape index (κ3) is 1.91. The predicted molar refractivity (Wildman–Crippen MR) is 37.9 cm³/mol. The lowest BCUT2D eigenvalue weighted by atomic mass is 9.83. The van der Waals surface area contributed by atoms with Crippen molar-refractivity contribution in [1.82, 2.24) is 0 Å². The topological polar surface area (TPSA) is 63.3 Å². The van der Waals surface area contributed by atoms with Gasteiger partial charge in [0.2, 0.25) is 5.92 Å². The van der Waals surface area contributed by atoms with Crippen LogP contribution in [-0.2, 0) is 4.79 Å². The van der Waals surface area contributed by atoms with E-state index < -0.39 is 30.3 Å². The molecule has 0 bridgehead atoms. The minimum atomic E-state index is -2.85. The van der Waals surface area contributed by atoms with Crippen molar-refractivity contribution in [3.8, 4) is 0 Å². The van der Waals surface area contributed by atoms with Crippen LogP contribution in [0.1, 0.15) is 19.3 Å². The van der Waals surface area contributed by atoms with Gasteiger partial charge in [-0.3, -0.25) is 4.79 Å². The third-order valence-electron chi connectivity index (χ3n) is 2.20. The SMILES string of the molecule is N[C@@H]1CCC(F)(F)C[C@@H]1C(=O)O. The highest BCUT2D eigenvalue weighted by Gasteiger charge is 2.43. The molecule has 0 aromatic heterocycles. The van der Waals surface area contributed by atoms with Crippen LogP contribution in [0.2, 0.25) is 0 Å². The quantitative estimate of drug-likeness (QED) is 0.626. The van der Waals surface area contributed by atoms with Gasteiger partial charge in [-0.05, 0) is 6.42 Å². The number of nitrogens with two attached hydrogens (primary N) is 1. The number of hydrogen-bond acceptors (Lipinski definition) is 2. The summed E-state index contributed by atoms with van der Waals surface area (Å²) in [5, 5.41) is 8.53. The van der Waals surface area contributed by atoms with Crippen LogP contribution in [0.5, 0.6) is 0 Å². The van der Waals surface area contributed by atoms with Crippen molar-refractivity contribution < 1.29 is 18.7 Å². The second kappa shape index (κ2) is 2.97. The Kier molecular flexibility index (Phi) is 2.32. The fourth-order valence-electron chi connectivity index (χ4n) is 1.42. The van der Waals surface area contributed by atoms with Gasteiger partial charge in [0, 0.05) is 18.9 Å². The van der Waals surface area contributed by atoms with Crippen LogP contribution < -0.4 is 5.73 Å². The number of alkyl halides is 2. The zero-order valence-corrected chi connectivity index (χ0v) is 6.46. The number of halogens is 2. The number of carboxylic acid groups (broad SMARTS) is 1. The number of carbonyl (C=O) groups is 1. The van der Waals surface area contributed by atoms with E-state index in [-0.39, 0.29) is 12.8 Å². The molecule has 12 heavy (non-hydrogen) atoms. The highest BCUT2D eigenvalue weighted by Crippen LogP contribution is 2.36. The molecule has 0 aliphatic heterocycles. The molecule has 1 rings (SSSR count). The van der Waals surface area contributed by atoms with Crippen LogP contribution in [0.3, 0.4) is 0 Å². The molecule has 0 amide bonds. The monoisotopic (exact) mass is 179 g/mol. The molecule has 5 heteroatoms. The van der Waals surface area contributed by atoms with Crippen LogP contribution in [0.25, 0.3) is 0 Å². The zero-order valence-electron chi connectivity index (χ0n) is 6.46. The van der Waals surface area contributed by atoms with Gasteiger partial charge in [0.1, 0.15) is 0 Å². The number of aliphatic carboxylic acids is 1. The van der Waals surface area contributed by atoms with Crippen molar-refractivity contribution in [2.75, 3.05) is 0 Å². The summed E-state index contributed by atoms with van der Waals surface area (Å²) in [5.41, 5.74) is 5.39. The van der Waals surface area contributed by atoms with Gasteiger partial charge >= 0.3 is 5.97 Å². The summed E-state index contributed by atoms with van der Waals surface area (Å²) >= 11 is 0. The standard InChI is InChI=1S/C7H11F2NO2/c8-7(9)2-1-5(10)4(3-7)6(11)12/h4-5H,1-3,10H2,(H,11,12)/t4-,5+/m0/s1. The van der Waals surface area contributed by atoms with Gasteiger partial charge in [-0.25, -0.2) is 8.78 Å². The Labute approximate surface area is 68.5 Å². The van der Waals surface area contributed by atoms with Crippen LogP contribution in [0, 0.1) is 5.92 Å². The second-order valence-electron chi connectivity index (χ2n) is 3.21. The summed E-state index contributed by atoms with van der Waals surface area (Å²) < 4.78 is 25.3. The molecule has 1 saturated carbocycles. The molecule has 3 N–H and O–H groups in total.